The van der Waals surface area contributed by atoms with Crippen molar-refractivity contribution >= 4 is 34.5 Å². The number of amides is 1. The molecule has 2 aliphatic heterocycles. The fourth-order valence-electron chi connectivity index (χ4n) is 4.48. The van der Waals surface area contributed by atoms with Gasteiger partial charge in [-0.2, -0.15) is 0 Å². The van der Waals surface area contributed by atoms with E-state index in [1.54, 1.807) is 41.4 Å². The van der Waals surface area contributed by atoms with Crippen LogP contribution in [-0.4, -0.2) is 88.2 Å². The molecule has 0 unspecified atom stereocenters. The fourth-order valence-corrected chi connectivity index (χ4v) is 4.48. The van der Waals surface area contributed by atoms with Crippen molar-refractivity contribution < 1.29 is 13.9 Å². The Kier molecular flexibility index (Phi) is 6.71. The second kappa shape index (κ2) is 10.6. The second-order valence-electron chi connectivity index (χ2n) is 9.02. The number of benzene rings is 1. The summed E-state index contributed by atoms with van der Waals surface area (Å²) in [5.41, 5.74) is 2.54. The van der Waals surface area contributed by atoms with E-state index >= 15 is 0 Å². The zero-order valence-electron chi connectivity index (χ0n) is 20.6. The van der Waals surface area contributed by atoms with Crippen LogP contribution in [0.5, 0.6) is 0 Å². The standard InChI is InChI=1S/C26H26FN9O2/c27-19-15-31-26(33-22-4-2-18(14-30-22)25(37)36-7-5-28-6-8-36)34-24(19)17-1-3-20-21(13-17)32-23(16-29-20)35-9-11-38-12-10-35/h1-4,13-16,28H,5-12H2,(H,30,31,33,34). The zero-order valence-corrected chi connectivity index (χ0v) is 20.6. The van der Waals surface area contributed by atoms with Gasteiger partial charge in [-0.25, -0.2) is 24.3 Å². The minimum atomic E-state index is -0.558. The molecule has 0 atom stereocenters. The van der Waals surface area contributed by atoms with Gasteiger partial charge in [0.2, 0.25) is 5.95 Å². The maximum Gasteiger partial charge on any atom is 0.255 e. The van der Waals surface area contributed by atoms with E-state index in [9.17, 15) is 9.18 Å². The monoisotopic (exact) mass is 515 g/mol. The lowest BCUT2D eigenvalue weighted by atomic mass is 10.1. The molecule has 0 bridgehead atoms. The number of halogens is 1. The molecular weight excluding hydrogens is 489 g/mol. The number of nitrogens with one attached hydrogen (secondary N) is 2. The van der Waals surface area contributed by atoms with Crippen molar-refractivity contribution in [3.05, 3.63) is 60.3 Å². The Balaban J connectivity index is 1.22. The molecule has 4 aromatic rings. The van der Waals surface area contributed by atoms with E-state index in [1.807, 2.05) is 0 Å². The third kappa shape index (κ3) is 5.08. The van der Waals surface area contributed by atoms with Gasteiger partial charge in [0.15, 0.2) is 5.82 Å². The minimum Gasteiger partial charge on any atom is -0.378 e. The lowest BCUT2D eigenvalue weighted by molar-refractivity contribution is 0.0735. The molecule has 0 saturated carbocycles. The smallest absolute Gasteiger partial charge is 0.255 e. The van der Waals surface area contributed by atoms with Gasteiger partial charge in [0.1, 0.15) is 17.3 Å². The Bertz CT molecular complexity index is 1460. The van der Waals surface area contributed by atoms with Crippen molar-refractivity contribution in [2.45, 2.75) is 0 Å². The summed E-state index contributed by atoms with van der Waals surface area (Å²) in [6.45, 7) is 5.67. The van der Waals surface area contributed by atoms with E-state index in [0.717, 1.165) is 38.2 Å². The van der Waals surface area contributed by atoms with Gasteiger partial charge in [0, 0.05) is 51.0 Å². The van der Waals surface area contributed by atoms with Crippen LogP contribution < -0.4 is 15.5 Å². The summed E-state index contributed by atoms with van der Waals surface area (Å²) in [6.07, 6.45) is 4.38. The van der Waals surface area contributed by atoms with Crippen LogP contribution >= 0.6 is 0 Å². The van der Waals surface area contributed by atoms with Crippen LogP contribution in [0.1, 0.15) is 10.4 Å². The Morgan fingerprint density at radius 3 is 2.55 bits per heavy atom. The van der Waals surface area contributed by atoms with Crippen molar-refractivity contribution in [3.63, 3.8) is 0 Å². The summed E-state index contributed by atoms with van der Waals surface area (Å²) in [5.74, 6) is 0.773. The van der Waals surface area contributed by atoms with Crippen LogP contribution in [0.3, 0.4) is 0 Å². The molecule has 194 valence electrons. The van der Waals surface area contributed by atoms with Crippen LogP contribution in [0.4, 0.5) is 22.0 Å². The summed E-state index contributed by atoms with van der Waals surface area (Å²) in [5, 5.41) is 6.22. The molecule has 0 spiro atoms. The van der Waals surface area contributed by atoms with Crippen molar-refractivity contribution in [3.8, 4) is 11.3 Å². The maximum atomic E-state index is 14.8. The van der Waals surface area contributed by atoms with Gasteiger partial charge in [-0.1, -0.05) is 6.07 Å². The average Bonchev–Trinajstić information content (AvgIpc) is 2.98. The molecule has 12 heteroatoms. The number of pyridine rings is 1. The van der Waals surface area contributed by atoms with Gasteiger partial charge < -0.3 is 25.2 Å². The van der Waals surface area contributed by atoms with E-state index < -0.39 is 5.82 Å². The topological polar surface area (TPSA) is 121 Å². The molecule has 5 heterocycles. The van der Waals surface area contributed by atoms with Gasteiger partial charge in [-0.3, -0.25) is 9.78 Å². The van der Waals surface area contributed by atoms with Gasteiger partial charge in [0.05, 0.1) is 42.2 Å². The third-order valence-electron chi connectivity index (χ3n) is 6.54. The Morgan fingerprint density at radius 1 is 0.921 bits per heavy atom. The molecule has 11 nitrogen and oxygen atoms in total. The van der Waals surface area contributed by atoms with Gasteiger partial charge in [0.25, 0.3) is 5.91 Å². The van der Waals surface area contributed by atoms with Crippen molar-refractivity contribution in [2.75, 3.05) is 62.7 Å². The average molecular weight is 516 g/mol. The van der Waals surface area contributed by atoms with Crippen LogP contribution in [0, 0.1) is 5.82 Å². The molecule has 2 saturated heterocycles. The van der Waals surface area contributed by atoms with Gasteiger partial charge >= 0.3 is 0 Å². The fraction of sp³-hybridized carbons (Fsp3) is 0.308. The molecule has 1 aromatic carbocycles. The lowest BCUT2D eigenvalue weighted by Gasteiger charge is -2.27. The summed E-state index contributed by atoms with van der Waals surface area (Å²) in [6, 6.07) is 8.72. The number of fused-ring (bicyclic) bond motifs is 1. The highest BCUT2D eigenvalue weighted by molar-refractivity contribution is 5.94. The van der Waals surface area contributed by atoms with Crippen LogP contribution in [0.15, 0.2) is 48.9 Å². The first kappa shape index (κ1) is 24.1. The predicted octanol–water partition coefficient (Wildman–Crippen LogP) is 2.25. The summed E-state index contributed by atoms with van der Waals surface area (Å²) in [7, 11) is 0. The SMILES string of the molecule is O=C(c1ccc(Nc2ncc(F)c(-c3ccc4ncc(N5CCOCC5)nc4c3)n2)nc1)N1CCNCC1. The number of anilines is 3. The first-order chi connectivity index (χ1) is 18.6. The van der Waals surface area contributed by atoms with E-state index in [0.29, 0.717) is 54.3 Å². The highest BCUT2D eigenvalue weighted by Crippen LogP contribution is 2.26. The second-order valence-corrected chi connectivity index (χ2v) is 9.02. The molecule has 6 rings (SSSR count). The number of hydrogen-bond acceptors (Lipinski definition) is 10. The van der Waals surface area contributed by atoms with Gasteiger partial charge in [-0.15, -0.1) is 0 Å². The summed E-state index contributed by atoms with van der Waals surface area (Å²) in [4.78, 5) is 38.6. The van der Waals surface area contributed by atoms with E-state index in [1.165, 1.54) is 6.20 Å². The molecule has 3 aromatic heterocycles. The number of rotatable bonds is 5. The molecular formula is C26H26FN9O2. The quantitative estimate of drug-likeness (QED) is 0.409. The molecule has 2 fully saturated rings. The van der Waals surface area contributed by atoms with Crippen LogP contribution in [0.25, 0.3) is 22.3 Å². The first-order valence-corrected chi connectivity index (χ1v) is 12.5. The highest BCUT2D eigenvalue weighted by atomic mass is 19.1. The predicted molar refractivity (Wildman–Crippen MR) is 140 cm³/mol. The number of hydrogen-bond donors (Lipinski definition) is 2. The van der Waals surface area contributed by atoms with E-state index in [2.05, 4.69) is 35.5 Å². The normalized spacial score (nSPS) is 16.0. The molecule has 1 amide bonds. The maximum absolute atomic E-state index is 14.8. The lowest BCUT2D eigenvalue weighted by Crippen LogP contribution is -2.46. The summed E-state index contributed by atoms with van der Waals surface area (Å²) < 4.78 is 20.2. The largest absolute Gasteiger partial charge is 0.378 e. The number of ether oxygens (including phenoxy) is 1. The number of aromatic nitrogens is 5. The Hall–Kier alpha value is -4.29. The highest BCUT2D eigenvalue weighted by Gasteiger charge is 2.19. The number of nitrogens with zero attached hydrogens (tertiary/aromatic N) is 7. The first-order valence-electron chi connectivity index (χ1n) is 12.5. The molecule has 2 aliphatic rings. The molecule has 2 N–H and O–H groups in total. The summed E-state index contributed by atoms with van der Waals surface area (Å²) >= 11 is 0. The van der Waals surface area contributed by atoms with Crippen LogP contribution in [0.2, 0.25) is 0 Å². The number of carbonyl (C=O) groups excluding carboxylic acids is 1. The number of carbonyl (C=O) groups is 1. The number of morpholine rings is 1. The third-order valence-corrected chi connectivity index (χ3v) is 6.54. The van der Waals surface area contributed by atoms with Crippen LogP contribution in [-0.2, 0) is 4.74 Å². The van der Waals surface area contributed by atoms with E-state index in [4.69, 9.17) is 9.72 Å². The van der Waals surface area contributed by atoms with Gasteiger partial charge in [-0.05, 0) is 24.3 Å². The van der Waals surface area contributed by atoms with Crippen molar-refractivity contribution in [1.82, 2.24) is 35.1 Å². The Morgan fingerprint density at radius 2 is 1.76 bits per heavy atom. The number of piperazine rings is 1. The Labute approximate surface area is 218 Å². The molecule has 0 radical (unpaired) electrons. The molecule has 0 aliphatic carbocycles. The zero-order chi connectivity index (χ0) is 25.9. The van der Waals surface area contributed by atoms with E-state index in [-0.39, 0.29) is 17.5 Å². The molecule has 38 heavy (non-hydrogen) atoms. The minimum absolute atomic E-state index is 0.0537. The van der Waals surface area contributed by atoms with Crippen molar-refractivity contribution in [1.29, 1.82) is 0 Å². The van der Waals surface area contributed by atoms with Crippen molar-refractivity contribution in [2.24, 2.45) is 0 Å².